The van der Waals surface area contributed by atoms with Crippen LogP contribution in [-0.2, 0) is 10.0 Å². The highest BCUT2D eigenvalue weighted by Gasteiger charge is 2.27. The van der Waals surface area contributed by atoms with Crippen molar-refractivity contribution < 1.29 is 8.42 Å². The lowest BCUT2D eigenvalue weighted by molar-refractivity contribution is 0.332. The van der Waals surface area contributed by atoms with Gasteiger partial charge >= 0.3 is 0 Å². The summed E-state index contributed by atoms with van der Waals surface area (Å²) in [5.41, 5.74) is 0.561. The van der Waals surface area contributed by atoms with E-state index in [4.69, 9.17) is 0 Å². The van der Waals surface area contributed by atoms with Gasteiger partial charge in [0, 0.05) is 32.4 Å². The molecule has 0 amide bonds. The highest BCUT2D eigenvalue weighted by molar-refractivity contribution is 7.89. The number of nitrogens with zero attached hydrogens (tertiary/aromatic N) is 3. The number of likely N-dealkylation sites (N-methyl/N-ethyl adjacent to an activating group) is 1. The van der Waals surface area contributed by atoms with Crippen molar-refractivity contribution in [3.05, 3.63) is 18.3 Å². The molecule has 6 nitrogen and oxygen atoms in total. The second-order valence-corrected chi connectivity index (χ2v) is 6.95. The molecule has 0 aromatic carbocycles. The van der Waals surface area contributed by atoms with Gasteiger partial charge in [0.25, 0.3) is 10.0 Å². The van der Waals surface area contributed by atoms with Crippen LogP contribution < -0.4 is 5.32 Å². The van der Waals surface area contributed by atoms with E-state index in [9.17, 15) is 8.42 Å². The van der Waals surface area contributed by atoms with E-state index in [0.29, 0.717) is 31.9 Å². The molecule has 7 heteroatoms. The molecular formula is C14H26N4O2S. The monoisotopic (exact) mass is 314 g/mol. The van der Waals surface area contributed by atoms with E-state index in [-0.39, 0.29) is 5.03 Å². The van der Waals surface area contributed by atoms with Gasteiger partial charge in [-0.3, -0.25) is 0 Å². The Morgan fingerprint density at radius 3 is 2.48 bits per heavy atom. The quantitative estimate of drug-likeness (QED) is 0.748. The molecular weight excluding hydrogens is 288 g/mol. The average Bonchev–Trinajstić information content (AvgIpc) is 2.44. The number of hydrogen-bond donors (Lipinski definition) is 1. The zero-order valence-corrected chi connectivity index (χ0v) is 14.2. The van der Waals surface area contributed by atoms with Crippen LogP contribution in [0.15, 0.2) is 23.4 Å². The summed E-state index contributed by atoms with van der Waals surface area (Å²) in [4.78, 5) is 6.07. The normalized spacial score (nSPS) is 12.1. The van der Waals surface area contributed by atoms with Gasteiger partial charge in [-0.15, -0.1) is 0 Å². The lowest BCUT2D eigenvalue weighted by Gasteiger charge is -2.24. The third-order valence-electron chi connectivity index (χ3n) is 2.99. The van der Waals surface area contributed by atoms with E-state index in [0.717, 1.165) is 6.42 Å². The third-order valence-corrected chi connectivity index (χ3v) is 4.85. The molecule has 0 radical (unpaired) electrons. The molecule has 1 aromatic rings. The first kappa shape index (κ1) is 17.9. The fourth-order valence-corrected chi connectivity index (χ4v) is 3.56. The van der Waals surface area contributed by atoms with Crippen LogP contribution in [0.1, 0.15) is 20.3 Å². The predicted octanol–water partition coefficient (Wildman–Crippen LogP) is 1.48. The SMILES string of the molecule is CCCN(CCN(C)C)S(=O)(=O)c1ncccc1NCC. The summed E-state index contributed by atoms with van der Waals surface area (Å²) in [6.07, 6.45) is 2.29. The highest BCUT2D eigenvalue weighted by Crippen LogP contribution is 2.22. The van der Waals surface area contributed by atoms with Gasteiger partial charge in [-0.1, -0.05) is 6.92 Å². The van der Waals surface area contributed by atoms with Crippen molar-refractivity contribution in [3.8, 4) is 0 Å². The van der Waals surface area contributed by atoms with Crippen LogP contribution in [0, 0.1) is 0 Å². The summed E-state index contributed by atoms with van der Waals surface area (Å²) >= 11 is 0. The lowest BCUT2D eigenvalue weighted by Crippen LogP contribution is -2.37. The summed E-state index contributed by atoms with van der Waals surface area (Å²) in [7, 11) is 0.286. The average molecular weight is 314 g/mol. The van der Waals surface area contributed by atoms with E-state index in [1.54, 1.807) is 12.1 Å². The second kappa shape index (κ2) is 8.31. The Kier molecular flexibility index (Phi) is 7.07. The van der Waals surface area contributed by atoms with Crippen molar-refractivity contribution in [2.75, 3.05) is 45.6 Å². The smallest absolute Gasteiger partial charge is 0.262 e. The number of sulfonamides is 1. The molecule has 1 aromatic heterocycles. The van der Waals surface area contributed by atoms with Gasteiger partial charge in [0.05, 0.1) is 5.69 Å². The molecule has 0 unspecified atom stereocenters. The number of aromatic nitrogens is 1. The van der Waals surface area contributed by atoms with Gasteiger partial charge < -0.3 is 10.2 Å². The van der Waals surface area contributed by atoms with Crippen LogP contribution in [-0.4, -0.2) is 62.9 Å². The summed E-state index contributed by atoms with van der Waals surface area (Å²) < 4.78 is 27.2. The highest BCUT2D eigenvalue weighted by atomic mass is 32.2. The predicted molar refractivity (Wildman–Crippen MR) is 86.0 cm³/mol. The van der Waals surface area contributed by atoms with Crippen LogP contribution in [0.5, 0.6) is 0 Å². The minimum absolute atomic E-state index is 0.110. The van der Waals surface area contributed by atoms with Crippen molar-refractivity contribution in [1.29, 1.82) is 0 Å². The first-order valence-corrected chi connectivity index (χ1v) is 8.71. The van der Waals surface area contributed by atoms with E-state index >= 15 is 0 Å². The molecule has 0 atom stereocenters. The molecule has 0 aliphatic carbocycles. The maximum absolute atomic E-state index is 12.8. The molecule has 0 fully saturated rings. The van der Waals surface area contributed by atoms with Crippen molar-refractivity contribution in [1.82, 2.24) is 14.2 Å². The molecule has 0 aliphatic rings. The molecule has 0 bridgehead atoms. The van der Waals surface area contributed by atoms with E-state index in [2.05, 4.69) is 10.3 Å². The van der Waals surface area contributed by atoms with E-state index < -0.39 is 10.0 Å². The molecule has 1 heterocycles. The van der Waals surface area contributed by atoms with Gasteiger partial charge in [-0.05, 0) is 39.6 Å². The van der Waals surface area contributed by atoms with Crippen molar-refractivity contribution >= 4 is 15.7 Å². The largest absolute Gasteiger partial charge is 0.383 e. The van der Waals surface area contributed by atoms with Crippen LogP contribution in [0.3, 0.4) is 0 Å². The van der Waals surface area contributed by atoms with Crippen LogP contribution in [0.2, 0.25) is 0 Å². The molecule has 120 valence electrons. The number of rotatable bonds is 9. The minimum atomic E-state index is -3.58. The maximum atomic E-state index is 12.8. The second-order valence-electron chi connectivity index (χ2n) is 5.09. The Morgan fingerprint density at radius 2 is 1.90 bits per heavy atom. The zero-order valence-electron chi connectivity index (χ0n) is 13.3. The summed E-state index contributed by atoms with van der Waals surface area (Å²) in [5.74, 6) is 0. The van der Waals surface area contributed by atoms with Crippen molar-refractivity contribution in [3.63, 3.8) is 0 Å². The standard InChI is InChI=1S/C14H26N4O2S/c1-5-10-18(12-11-17(3)4)21(19,20)14-13(15-6-2)8-7-9-16-14/h7-9,15H,5-6,10-12H2,1-4H3. The minimum Gasteiger partial charge on any atom is -0.383 e. The van der Waals surface area contributed by atoms with Gasteiger partial charge in [0.1, 0.15) is 0 Å². The van der Waals surface area contributed by atoms with E-state index in [1.165, 1.54) is 10.5 Å². The number of hydrogen-bond acceptors (Lipinski definition) is 5. The zero-order chi connectivity index (χ0) is 15.9. The Morgan fingerprint density at radius 1 is 1.19 bits per heavy atom. The van der Waals surface area contributed by atoms with Crippen molar-refractivity contribution in [2.24, 2.45) is 0 Å². The fraction of sp³-hybridized carbons (Fsp3) is 0.643. The first-order chi connectivity index (χ1) is 9.93. The van der Waals surface area contributed by atoms with Crippen LogP contribution in [0.4, 0.5) is 5.69 Å². The molecule has 0 saturated heterocycles. The van der Waals surface area contributed by atoms with Gasteiger partial charge in [-0.2, -0.15) is 4.31 Å². The fourth-order valence-electron chi connectivity index (χ4n) is 1.96. The topological polar surface area (TPSA) is 65.5 Å². The van der Waals surface area contributed by atoms with Gasteiger partial charge in [-0.25, -0.2) is 13.4 Å². The Bertz CT molecular complexity index is 532. The first-order valence-electron chi connectivity index (χ1n) is 7.27. The summed E-state index contributed by atoms with van der Waals surface area (Å²) in [6, 6.07) is 3.49. The Hall–Kier alpha value is -1.18. The molecule has 0 spiro atoms. The molecule has 1 rings (SSSR count). The summed E-state index contributed by atoms with van der Waals surface area (Å²) in [6.45, 7) is 6.20. The lowest BCUT2D eigenvalue weighted by atomic mass is 10.4. The van der Waals surface area contributed by atoms with Crippen LogP contribution in [0.25, 0.3) is 0 Å². The van der Waals surface area contributed by atoms with Gasteiger partial charge in [0.2, 0.25) is 0 Å². The molecule has 1 N–H and O–H groups in total. The number of nitrogens with one attached hydrogen (secondary N) is 1. The molecule has 21 heavy (non-hydrogen) atoms. The Labute approximate surface area is 128 Å². The summed E-state index contributed by atoms with van der Waals surface area (Å²) in [5, 5.41) is 3.18. The Balaban J connectivity index is 3.10. The van der Waals surface area contributed by atoms with Gasteiger partial charge in [0.15, 0.2) is 5.03 Å². The third kappa shape index (κ3) is 4.94. The van der Waals surface area contributed by atoms with Crippen LogP contribution >= 0.6 is 0 Å². The van der Waals surface area contributed by atoms with Crippen molar-refractivity contribution in [2.45, 2.75) is 25.3 Å². The number of anilines is 1. The molecule has 0 saturated carbocycles. The maximum Gasteiger partial charge on any atom is 0.262 e. The van der Waals surface area contributed by atoms with E-state index in [1.807, 2.05) is 32.8 Å². The number of pyridine rings is 1. The molecule has 0 aliphatic heterocycles.